The monoisotopic (exact) mass is 308 g/mol. The highest BCUT2D eigenvalue weighted by Gasteiger charge is 2.40. The van der Waals surface area contributed by atoms with Crippen LogP contribution in [0.15, 0.2) is 42.5 Å². The third-order valence-electron chi connectivity index (χ3n) is 4.14. The third-order valence-corrected chi connectivity index (χ3v) is 4.14. The summed E-state index contributed by atoms with van der Waals surface area (Å²) in [5, 5.41) is 3.17. The molecule has 1 fully saturated rings. The first-order valence-electron chi connectivity index (χ1n) is 7.73. The highest BCUT2D eigenvalue weighted by atomic mass is 16.2. The van der Waals surface area contributed by atoms with Gasteiger partial charge in [0.15, 0.2) is 0 Å². The Balaban J connectivity index is 1.85. The largest absolute Gasteiger partial charge is 0.373 e. The van der Waals surface area contributed by atoms with E-state index in [9.17, 15) is 9.59 Å². The van der Waals surface area contributed by atoms with Crippen LogP contribution >= 0.6 is 0 Å². The number of carbonyl (C=O) groups excluding carboxylic acids is 2. The predicted octanol–water partition coefficient (Wildman–Crippen LogP) is 3.36. The van der Waals surface area contributed by atoms with Crippen molar-refractivity contribution in [2.45, 2.75) is 33.2 Å². The van der Waals surface area contributed by atoms with E-state index in [2.05, 4.69) is 5.32 Å². The van der Waals surface area contributed by atoms with Gasteiger partial charge in [-0.2, -0.15) is 0 Å². The summed E-state index contributed by atoms with van der Waals surface area (Å²) < 4.78 is 0. The van der Waals surface area contributed by atoms with Gasteiger partial charge >= 0.3 is 0 Å². The molecule has 0 aliphatic carbocycles. The maximum absolute atomic E-state index is 12.7. The molecule has 1 saturated heterocycles. The van der Waals surface area contributed by atoms with E-state index in [1.165, 1.54) is 4.90 Å². The molecule has 0 saturated carbocycles. The molecule has 4 nitrogen and oxygen atoms in total. The highest BCUT2D eigenvalue weighted by molar-refractivity contribution is 6.23. The van der Waals surface area contributed by atoms with Crippen molar-refractivity contribution in [3.05, 3.63) is 59.2 Å². The van der Waals surface area contributed by atoms with Crippen molar-refractivity contribution in [3.63, 3.8) is 0 Å². The molecular weight excluding hydrogens is 288 g/mol. The number of rotatable bonds is 3. The van der Waals surface area contributed by atoms with Crippen LogP contribution in [-0.2, 0) is 9.59 Å². The summed E-state index contributed by atoms with van der Waals surface area (Å²) in [5.41, 5.74) is 4.65. The number of nitrogens with one attached hydrogen (secondary N) is 1. The lowest BCUT2D eigenvalue weighted by Crippen LogP contribution is -2.35. The zero-order chi connectivity index (χ0) is 16.6. The Morgan fingerprint density at radius 1 is 0.957 bits per heavy atom. The smallest absolute Gasteiger partial charge is 0.256 e. The molecule has 1 aliphatic rings. The number of amides is 2. The van der Waals surface area contributed by atoms with Crippen LogP contribution in [0.1, 0.15) is 23.1 Å². The van der Waals surface area contributed by atoms with Gasteiger partial charge in [-0.05, 0) is 50.1 Å². The molecule has 2 aromatic rings. The van der Waals surface area contributed by atoms with Gasteiger partial charge in [0.2, 0.25) is 5.91 Å². The van der Waals surface area contributed by atoms with Gasteiger partial charge in [-0.15, -0.1) is 0 Å². The summed E-state index contributed by atoms with van der Waals surface area (Å²) >= 11 is 0. The quantitative estimate of drug-likeness (QED) is 0.885. The number of hydrogen-bond donors (Lipinski definition) is 1. The molecule has 1 aliphatic heterocycles. The number of carbonyl (C=O) groups is 2. The van der Waals surface area contributed by atoms with Crippen molar-refractivity contribution < 1.29 is 9.59 Å². The maximum Gasteiger partial charge on any atom is 0.256 e. The van der Waals surface area contributed by atoms with E-state index in [0.717, 1.165) is 22.4 Å². The van der Waals surface area contributed by atoms with Gasteiger partial charge in [-0.3, -0.25) is 9.59 Å². The normalized spacial score (nSPS) is 17.7. The third kappa shape index (κ3) is 2.97. The Labute approximate surface area is 136 Å². The summed E-state index contributed by atoms with van der Waals surface area (Å²) in [6, 6.07) is 13.1. The minimum atomic E-state index is -0.509. The molecule has 3 rings (SSSR count). The van der Waals surface area contributed by atoms with E-state index in [0.29, 0.717) is 5.69 Å². The lowest BCUT2D eigenvalue weighted by molar-refractivity contribution is -0.121. The summed E-state index contributed by atoms with van der Waals surface area (Å²) in [6.07, 6.45) is 0.181. The minimum Gasteiger partial charge on any atom is -0.373 e. The van der Waals surface area contributed by atoms with Crippen LogP contribution in [0.2, 0.25) is 0 Å². The molecule has 4 heteroatoms. The van der Waals surface area contributed by atoms with Crippen molar-refractivity contribution in [2.75, 3.05) is 10.2 Å². The maximum atomic E-state index is 12.7. The van der Waals surface area contributed by atoms with Gasteiger partial charge in [0.1, 0.15) is 6.04 Å². The number of imide groups is 1. The zero-order valence-electron chi connectivity index (χ0n) is 13.6. The van der Waals surface area contributed by atoms with Crippen LogP contribution in [0.4, 0.5) is 11.4 Å². The fourth-order valence-electron chi connectivity index (χ4n) is 2.81. The summed E-state index contributed by atoms with van der Waals surface area (Å²) in [6.45, 7) is 5.88. The number of anilines is 2. The molecule has 0 bridgehead atoms. The van der Waals surface area contributed by atoms with Gasteiger partial charge in [0, 0.05) is 5.69 Å². The Kier molecular flexibility index (Phi) is 3.90. The van der Waals surface area contributed by atoms with Crippen molar-refractivity contribution in [3.8, 4) is 0 Å². The highest BCUT2D eigenvalue weighted by Crippen LogP contribution is 2.28. The summed E-state index contributed by atoms with van der Waals surface area (Å²) in [7, 11) is 0. The van der Waals surface area contributed by atoms with Gasteiger partial charge in [-0.1, -0.05) is 29.8 Å². The molecular formula is C19H20N2O2. The minimum absolute atomic E-state index is 0.159. The van der Waals surface area contributed by atoms with E-state index in [4.69, 9.17) is 0 Å². The first kappa shape index (κ1) is 15.3. The number of benzene rings is 2. The van der Waals surface area contributed by atoms with Crippen molar-refractivity contribution in [2.24, 2.45) is 0 Å². The van der Waals surface area contributed by atoms with Crippen LogP contribution in [-0.4, -0.2) is 17.9 Å². The van der Waals surface area contributed by atoms with Crippen LogP contribution in [0, 0.1) is 20.8 Å². The number of hydrogen-bond acceptors (Lipinski definition) is 3. The van der Waals surface area contributed by atoms with Crippen molar-refractivity contribution >= 4 is 23.2 Å². The van der Waals surface area contributed by atoms with Crippen molar-refractivity contribution in [1.29, 1.82) is 0 Å². The van der Waals surface area contributed by atoms with Crippen LogP contribution in [0.3, 0.4) is 0 Å². The lowest BCUT2D eigenvalue weighted by Gasteiger charge is -2.18. The van der Waals surface area contributed by atoms with Crippen LogP contribution in [0.25, 0.3) is 0 Å². The molecule has 2 aromatic carbocycles. The van der Waals surface area contributed by atoms with E-state index < -0.39 is 6.04 Å². The Hall–Kier alpha value is -2.62. The van der Waals surface area contributed by atoms with E-state index >= 15 is 0 Å². The molecule has 0 aromatic heterocycles. The molecule has 0 spiro atoms. The molecule has 23 heavy (non-hydrogen) atoms. The molecule has 1 N–H and O–H groups in total. The topological polar surface area (TPSA) is 49.4 Å². The second-order valence-electron chi connectivity index (χ2n) is 6.12. The second-order valence-corrected chi connectivity index (χ2v) is 6.12. The molecule has 2 amide bonds. The van der Waals surface area contributed by atoms with Gasteiger partial charge in [0.25, 0.3) is 5.91 Å². The Morgan fingerprint density at radius 3 is 2.30 bits per heavy atom. The molecule has 118 valence electrons. The second kappa shape index (κ2) is 5.88. The fraction of sp³-hybridized carbons (Fsp3) is 0.263. The first-order chi connectivity index (χ1) is 11.0. The predicted molar refractivity (Wildman–Crippen MR) is 91.6 cm³/mol. The van der Waals surface area contributed by atoms with E-state index in [1.807, 2.05) is 63.2 Å². The average molecular weight is 308 g/mol. The summed E-state index contributed by atoms with van der Waals surface area (Å²) in [5.74, 6) is -0.349. The van der Waals surface area contributed by atoms with Crippen LogP contribution in [0.5, 0.6) is 0 Å². The number of nitrogens with zero attached hydrogens (tertiary/aromatic N) is 1. The van der Waals surface area contributed by atoms with Gasteiger partial charge in [-0.25, -0.2) is 4.90 Å². The van der Waals surface area contributed by atoms with Gasteiger partial charge < -0.3 is 5.32 Å². The van der Waals surface area contributed by atoms with Crippen molar-refractivity contribution in [1.82, 2.24) is 0 Å². The Morgan fingerprint density at radius 2 is 1.61 bits per heavy atom. The standard InChI is InChI=1S/C19H20N2O2/c1-12-5-8-15(9-6-12)20-16-11-18(22)21(19(16)23)17-10-13(2)4-7-14(17)3/h4-10,16,20H,11H2,1-3H3. The zero-order valence-corrected chi connectivity index (χ0v) is 13.6. The van der Waals surface area contributed by atoms with Crippen LogP contribution < -0.4 is 10.2 Å². The van der Waals surface area contributed by atoms with E-state index in [1.54, 1.807) is 0 Å². The SMILES string of the molecule is Cc1ccc(NC2CC(=O)N(c3cc(C)ccc3C)C2=O)cc1. The van der Waals surface area contributed by atoms with Gasteiger partial charge in [0.05, 0.1) is 12.1 Å². The van der Waals surface area contributed by atoms with E-state index in [-0.39, 0.29) is 18.2 Å². The fourth-order valence-corrected chi connectivity index (χ4v) is 2.81. The summed E-state index contributed by atoms with van der Waals surface area (Å²) in [4.78, 5) is 26.4. The Bertz CT molecular complexity index is 765. The lowest BCUT2D eigenvalue weighted by atomic mass is 10.1. The number of aryl methyl sites for hydroxylation is 3. The molecule has 0 radical (unpaired) electrons. The molecule has 1 atom stereocenters. The molecule has 1 unspecified atom stereocenters. The average Bonchev–Trinajstić information content (AvgIpc) is 2.78. The molecule has 1 heterocycles. The first-order valence-corrected chi connectivity index (χ1v) is 7.73.